The van der Waals surface area contributed by atoms with Crippen molar-refractivity contribution in [3.63, 3.8) is 0 Å². The van der Waals surface area contributed by atoms with Gasteiger partial charge in [-0.2, -0.15) is 4.57 Å². The van der Waals surface area contributed by atoms with Crippen molar-refractivity contribution in [2.45, 2.75) is 62.8 Å². The zero-order valence-electron chi connectivity index (χ0n) is 24.4. The highest BCUT2D eigenvalue weighted by Crippen LogP contribution is 2.48. The van der Waals surface area contributed by atoms with E-state index in [1.54, 1.807) is 0 Å². The van der Waals surface area contributed by atoms with Gasteiger partial charge in [-0.25, -0.2) is 0 Å². The summed E-state index contributed by atoms with van der Waals surface area (Å²) in [7, 11) is 0. The molecule has 0 fully saturated rings. The van der Waals surface area contributed by atoms with E-state index in [-0.39, 0.29) is 19.8 Å². The molecule has 3 N–H and O–H groups in total. The summed E-state index contributed by atoms with van der Waals surface area (Å²) in [6.07, 6.45) is 14.5. The Bertz CT molecular complexity index is 1450. The molecular formula is C35H43N2O3S2+. The molecule has 2 aliphatic rings. The minimum absolute atomic E-state index is 0.207. The number of aromatic nitrogens is 1. The van der Waals surface area contributed by atoms with Crippen molar-refractivity contribution in [3.05, 3.63) is 93.5 Å². The van der Waals surface area contributed by atoms with Gasteiger partial charge in [0.05, 0.1) is 16.1 Å². The van der Waals surface area contributed by atoms with Crippen LogP contribution in [0.1, 0.15) is 56.9 Å². The first-order valence-corrected chi connectivity index (χ1v) is 17.1. The lowest BCUT2D eigenvalue weighted by atomic mass is 9.92. The highest BCUT2D eigenvalue weighted by molar-refractivity contribution is 8.04. The molecule has 2 heterocycles. The predicted octanol–water partition coefficient (Wildman–Crippen LogP) is 7.06. The number of para-hydroxylation sites is 2. The molecule has 0 saturated carbocycles. The van der Waals surface area contributed by atoms with Crippen LogP contribution in [0.5, 0.6) is 0 Å². The predicted molar refractivity (Wildman–Crippen MR) is 178 cm³/mol. The van der Waals surface area contributed by atoms with E-state index in [0.29, 0.717) is 0 Å². The number of pyridine rings is 1. The Kier molecular flexibility index (Phi) is 11.6. The summed E-state index contributed by atoms with van der Waals surface area (Å²) in [5.41, 5.74) is 6.49. The van der Waals surface area contributed by atoms with Crippen LogP contribution < -0.4 is 9.47 Å². The molecule has 0 unspecified atom stereocenters. The number of allylic oxidation sites excluding steroid dienone is 3. The van der Waals surface area contributed by atoms with Crippen LogP contribution in [-0.4, -0.2) is 47.4 Å². The number of anilines is 1. The van der Waals surface area contributed by atoms with Gasteiger partial charge in [0, 0.05) is 60.5 Å². The Morgan fingerprint density at radius 2 is 1.62 bits per heavy atom. The minimum Gasteiger partial charge on any atom is -0.396 e. The maximum absolute atomic E-state index is 9.55. The number of aliphatic hydroxyl groups is 3. The number of unbranched alkanes of at least 4 members (excludes halogenated alkanes) is 2. The second-order valence-corrected chi connectivity index (χ2v) is 13.0. The third-order valence-corrected chi connectivity index (χ3v) is 10.3. The molecule has 42 heavy (non-hydrogen) atoms. The van der Waals surface area contributed by atoms with Gasteiger partial charge in [-0.05, 0) is 92.0 Å². The second-order valence-electron chi connectivity index (χ2n) is 10.9. The Morgan fingerprint density at radius 3 is 2.48 bits per heavy atom. The molecule has 7 heteroatoms. The van der Waals surface area contributed by atoms with Crippen LogP contribution in [0.3, 0.4) is 0 Å². The molecule has 0 spiro atoms. The molecule has 0 bridgehead atoms. The minimum atomic E-state index is 0.207. The summed E-state index contributed by atoms with van der Waals surface area (Å²) in [5, 5.41) is 30.7. The van der Waals surface area contributed by atoms with E-state index >= 15 is 0 Å². The Balaban J connectivity index is 1.53. The first-order valence-electron chi connectivity index (χ1n) is 15.3. The van der Waals surface area contributed by atoms with Crippen LogP contribution in [0.25, 0.3) is 17.0 Å². The second kappa shape index (κ2) is 15.8. The molecular weight excluding hydrogens is 561 g/mol. The Morgan fingerprint density at radius 1 is 0.833 bits per heavy atom. The molecule has 1 aliphatic heterocycles. The fraction of sp³-hybridized carbons (Fsp3) is 0.400. The van der Waals surface area contributed by atoms with Gasteiger partial charge in [-0.1, -0.05) is 36.0 Å². The van der Waals surface area contributed by atoms with Crippen LogP contribution in [0.15, 0.2) is 92.8 Å². The van der Waals surface area contributed by atoms with Crippen molar-refractivity contribution in [1.29, 1.82) is 0 Å². The van der Waals surface area contributed by atoms with Gasteiger partial charge in [0.1, 0.15) is 6.54 Å². The molecule has 5 nitrogen and oxygen atoms in total. The van der Waals surface area contributed by atoms with Gasteiger partial charge in [0.2, 0.25) is 5.52 Å². The molecule has 1 aromatic heterocycles. The number of fused-ring (bicyclic) bond motifs is 2. The maximum atomic E-state index is 9.55. The lowest BCUT2D eigenvalue weighted by Gasteiger charge is -2.24. The molecule has 0 amide bonds. The zero-order chi connectivity index (χ0) is 29.1. The number of aliphatic hydroxyl groups excluding tert-OH is 3. The number of rotatable bonds is 14. The van der Waals surface area contributed by atoms with E-state index in [1.165, 1.54) is 48.1 Å². The normalized spacial score (nSPS) is 17.2. The van der Waals surface area contributed by atoms with E-state index in [9.17, 15) is 15.3 Å². The summed E-state index contributed by atoms with van der Waals surface area (Å²) in [5.74, 6) is 0.893. The van der Waals surface area contributed by atoms with Gasteiger partial charge in [-0.15, -0.1) is 11.8 Å². The van der Waals surface area contributed by atoms with Crippen molar-refractivity contribution in [2.75, 3.05) is 37.0 Å². The average Bonchev–Trinajstić information content (AvgIpc) is 3.36. The zero-order valence-corrected chi connectivity index (χ0v) is 26.0. The topological polar surface area (TPSA) is 67.8 Å². The first kappa shape index (κ1) is 30.9. The van der Waals surface area contributed by atoms with Gasteiger partial charge in [-0.3, -0.25) is 0 Å². The molecule has 0 atom stereocenters. The first-order chi connectivity index (χ1) is 20.7. The Labute approximate surface area is 258 Å². The van der Waals surface area contributed by atoms with Crippen LogP contribution >= 0.6 is 23.5 Å². The maximum Gasteiger partial charge on any atom is 0.213 e. The fourth-order valence-electron chi connectivity index (χ4n) is 5.73. The average molecular weight is 604 g/mol. The van der Waals surface area contributed by atoms with Gasteiger partial charge >= 0.3 is 0 Å². The number of thioether (sulfide) groups is 2. The van der Waals surface area contributed by atoms with Crippen LogP contribution in [0.2, 0.25) is 0 Å². The molecule has 1 aliphatic carbocycles. The standard InChI is InChI=1S/C35H43N2O3S2/c38-21-7-5-18-36-20-17-27(30-13-1-2-14-31(30)36)25-28-11-9-12-29(35(28)41-24-10-23-40)26-34-37(19-6-8-22-39)32-15-3-4-16-33(32)42-34/h1-4,13-17,20,25-26,38-40H,5-12,18-19,21-24H2/q+1. The van der Waals surface area contributed by atoms with Gasteiger partial charge in [0.25, 0.3) is 0 Å². The van der Waals surface area contributed by atoms with E-state index in [4.69, 9.17) is 0 Å². The summed E-state index contributed by atoms with van der Waals surface area (Å²) in [6.45, 7) is 2.46. The summed E-state index contributed by atoms with van der Waals surface area (Å²) < 4.78 is 2.30. The van der Waals surface area contributed by atoms with Crippen LogP contribution in [0, 0.1) is 0 Å². The summed E-state index contributed by atoms with van der Waals surface area (Å²) >= 11 is 3.73. The molecule has 5 rings (SSSR count). The summed E-state index contributed by atoms with van der Waals surface area (Å²) in [4.78, 5) is 5.08. The van der Waals surface area contributed by atoms with E-state index in [2.05, 4.69) is 82.4 Å². The number of benzene rings is 2. The number of aryl methyl sites for hydroxylation is 1. The van der Waals surface area contributed by atoms with E-state index < -0.39 is 0 Å². The van der Waals surface area contributed by atoms with Crippen molar-refractivity contribution in [1.82, 2.24) is 0 Å². The number of hydrogen-bond acceptors (Lipinski definition) is 6. The van der Waals surface area contributed by atoms with Gasteiger partial charge in [0.15, 0.2) is 6.20 Å². The molecule has 0 radical (unpaired) electrons. The number of nitrogens with zero attached hydrogens (tertiary/aromatic N) is 2. The molecule has 3 aromatic rings. The highest BCUT2D eigenvalue weighted by atomic mass is 32.2. The third kappa shape index (κ3) is 7.50. The summed E-state index contributed by atoms with van der Waals surface area (Å²) in [6, 6.07) is 19.5. The molecule has 0 saturated heterocycles. The van der Waals surface area contributed by atoms with E-state index in [1.807, 2.05) is 23.5 Å². The SMILES string of the molecule is OCCCCN1/C(=C\C2=C(SCCCO)C(=C/c3cc[n+](CCCCO)c4ccccc34)/CCC2)Sc2ccccc21. The quantitative estimate of drug-likeness (QED) is 0.135. The Hall–Kier alpha value is -2.55. The molecule has 222 valence electrons. The monoisotopic (exact) mass is 603 g/mol. The highest BCUT2D eigenvalue weighted by Gasteiger charge is 2.26. The van der Waals surface area contributed by atoms with Crippen molar-refractivity contribution >= 4 is 46.2 Å². The molecule has 2 aromatic carbocycles. The lowest BCUT2D eigenvalue weighted by molar-refractivity contribution is -0.671. The lowest BCUT2D eigenvalue weighted by Crippen LogP contribution is -2.34. The van der Waals surface area contributed by atoms with Crippen molar-refractivity contribution in [2.24, 2.45) is 0 Å². The van der Waals surface area contributed by atoms with Crippen molar-refractivity contribution < 1.29 is 19.9 Å². The van der Waals surface area contributed by atoms with Crippen LogP contribution in [0.4, 0.5) is 5.69 Å². The third-order valence-electron chi connectivity index (χ3n) is 7.84. The van der Waals surface area contributed by atoms with Gasteiger partial charge < -0.3 is 20.2 Å². The fourth-order valence-corrected chi connectivity index (χ4v) is 8.06. The number of hydrogen-bond donors (Lipinski definition) is 3. The van der Waals surface area contributed by atoms with E-state index in [0.717, 1.165) is 70.2 Å². The smallest absolute Gasteiger partial charge is 0.213 e. The largest absolute Gasteiger partial charge is 0.396 e. The van der Waals surface area contributed by atoms with Crippen molar-refractivity contribution in [3.8, 4) is 0 Å². The van der Waals surface area contributed by atoms with Crippen LogP contribution in [-0.2, 0) is 6.54 Å².